The molecule has 22 heavy (non-hydrogen) atoms. The highest BCUT2D eigenvalue weighted by Gasteiger charge is 2.30. The van der Waals surface area contributed by atoms with Gasteiger partial charge in [-0.05, 0) is 28.8 Å². The van der Waals surface area contributed by atoms with E-state index in [0.717, 1.165) is 16.7 Å². The number of hydrogen-bond donors (Lipinski definition) is 1. The van der Waals surface area contributed by atoms with Gasteiger partial charge in [0.05, 0.1) is 5.56 Å². The van der Waals surface area contributed by atoms with Gasteiger partial charge in [-0.1, -0.05) is 45.0 Å². The topological polar surface area (TPSA) is 54.4 Å². The van der Waals surface area contributed by atoms with E-state index in [1.54, 1.807) is 12.1 Å². The Kier molecular flexibility index (Phi) is 3.17. The van der Waals surface area contributed by atoms with E-state index in [1.807, 2.05) is 39.0 Å². The summed E-state index contributed by atoms with van der Waals surface area (Å²) in [5.41, 5.74) is 2.94. The smallest absolute Gasteiger partial charge is 0.198 e. The molecule has 2 aromatic carbocycles. The van der Waals surface area contributed by atoms with Crippen molar-refractivity contribution in [3.8, 4) is 16.9 Å². The van der Waals surface area contributed by atoms with E-state index in [1.165, 1.54) is 6.07 Å². The molecule has 3 rings (SSSR count). The molecule has 0 atom stereocenters. The Bertz CT molecular complexity index is 795. The third-order valence-electron chi connectivity index (χ3n) is 4.09. The third-order valence-corrected chi connectivity index (χ3v) is 4.09. The van der Waals surface area contributed by atoms with Crippen molar-refractivity contribution in [3.63, 3.8) is 0 Å². The molecule has 2 aromatic rings. The van der Waals surface area contributed by atoms with Crippen molar-refractivity contribution in [3.05, 3.63) is 53.1 Å². The van der Waals surface area contributed by atoms with Crippen LogP contribution in [0.1, 0.15) is 42.3 Å². The van der Waals surface area contributed by atoms with Crippen LogP contribution in [0.25, 0.3) is 11.1 Å². The van der Waals surface area contributed by atoms with Crippen LogP contribution in [0.5, 0.6) is 5.75 Å². The molecule has 0 fully saturated rings. The molecule has 1 N–H and O–H groups in total. The summed E-state index contributed by atoms with van der Waals surface area (Å²) in [6.07, 6.45) is 0.312. The number of rotatable bonds is 2. The first-order valence-corrected chi connectivity index (χ1v) is 7.32. The second kappa shape index (κ2) is 4.80. The molecular formula is C19H18O3. The molecule has 0 unspecified atom stereocenters. The van der Waals surface area contributed by atoms with Crippen LogP contribution in [-0.2, 0) is 11.2 Å². The maximum Gasteiger partial charge on any atom is 0.198 e. The first-order valence-electron chi connectivity index (χ1n) is 7.32. The second-order valence-electron chi connectivity index (χ2n) is 6.76. The molecule has 0 aliphatic heterocycles. The quantitative estimate of drug-likeness (QED) is 0.783. The van der Waals surface area contributed by atoms with Crippen LogP contribution < -0.4 is 0 Å². The van der Waals surface area contributed by atoms with Gasteiger partial charge in [-0.15, -0.1) is 0 Å². The minimum atomic E-state index is -0.399. The fraction of sp³-hybridized carbons (Fsp3) is 0.263. The van der Waals surface area contributed by atoms with Gasteiger partial charge in [0.1, 0.15) is 11.5 Å². The van der Waals surface area contributed by atoms with Gasteiger partial charge in [-0.3, -0.25) is 9.59 Å². The van der Waals surface area contributed by atoms with Gasteiger partial charge >= 0.3 is 0 Å². The van der Waals surface area contributed by atoms with Crippen LogP contribution in [0, 0.1) is 5.41 Å². The number of Topliss-reactive ketones (excluding diaryl/α,β-unsaturated/α-hetero) is 1. The predicted octanol–water partition coefficient (Wildman–Crippen LogP) is 3.76. The van der Waals surface area contributed by atoms with Crippen LogP contribution in [0.15, 0.2) is 36.4 Å². The molecule has 0 saturated carbocycles. The Hall–Kier alpha value is -2.42. The molecule has 0 spiro atoms. The summed E-state index contributed by atoms with van der Waals surface area (Å²) >= 11 is 0. The van der Waals surface area contributed by atoms with Crippen molar-refractivity contribution in [1.29, 1.82) is 0 Å². The lowest BCUT2D eigenvalue weighted by atomic mass is 9.86. The second-order valence-corrected chi connectivity index (χ2v) is 6.76. The lowest BCUT2D eigenvalue weighted by Crippen LogP contribution is -2.22. The van der Waals surface area contributed by atoms with Crippen LogP contribution in [-0.4, -0.2) is 16.7 Å². The number of ketones is 2. The number of benzene rings is 2. The minimum absolute atomic E-state index is 0.00557. The Morgan fingerprint density at radius 2 is 1.77 bits per heavy atom. The lowest BCUT2D eigenvalue weighted by Gasteiger charge is -2.16. The van der Waals surface area contributed by atoms with Crippen molar-refractivity contribution in [2.75, 3.05) is 0 Å². The van der Waals surface area contributed by atoms with Gasteiger partial charge in [0, 0.05) is 17.4 Å². The van der Waals surface area contributed by atoms with Gasteiger partial charge in [-0.2, -0.15) is 0 Å². The normalized spacial score (nSPS) is 13.0. The van der Waals surface area contributed by atoms with Gasteiger partial charge < -0.3 is 5.11 Å². The van der Waals surface area contributed by atoms with E-state index in [9.17, 15) is 14.7 Å². The predicted molar refractivity (Wildman–Crippen MR) is 85.1 cm³/mol. The fourth-order valence-electron chi connectivity index (χ4n) is 2.71. The Labute approximate surface area is 129 Å². The first kappa shape index (κ1) is 14.5. The Balaban J connectivity index is 2.01. The highest BCUT2D eigenvalue weighted by Crippen LogP contribution is 2.41. The minimum Gasteiger partial charge on any atom is -0.507 e. The number of carbonyl (C=O) groups excluding carboxylic acids is 2. The summed E-state index contributed by atoms with van der Waals surface area (Å²) in [5, 5.41) is 9.92. The van der Waals surface area contributed by atoms with Gasteiger partial charge in [-0.25, -0.2) is 0 Å². The number of fused-ring (bicyclic) bond motifs is 3. The van der Waals surface area contributed by atoms with Crippen LogP contribution in [0.3, 0.4) is 0 Å². The summed E-state index contributed by atoms with van der Waals surface area (Å²) in [6.45, 7) is 5.67. The van der Waals surface area contributed by atoms with E-state index in [-0.39, 0.29) is 17.3 Å². The summed E-state index contributed by atoms with van der Waals surface area (Å²) in [7, 11) is 0. The van der Waals surface area contributed by atoms with Crippen molar-refractivity contribution in [2.24, 2.45) is 5.41 Å². The molecule has 3 heteroatoms. The van der Waals surface area contributed by atoms with Crippen LogP contribution >= 0.6 is 0 Å². The molecule has 0 bridgehead atoms. The SMILES string of the molecule is CC(C)(C)C(=O)Cc1ccc2c(c1)C(=O)c1c(O)cccc1-2. The highest BCUT2D eigenvalue weighted by molar-refractivity contribution is 6.23. The molecular weight excluding hydrogens is 276 g/mol. The fourth-order valence-corrected chi connectivity index (χ4v) is 2.71. The Morgan fingerprint density at radius 1 is 1.05 bits per heavy atom. The maximum absolute atomic E-state index is 12.5. The van der Waals surface area contributed by atoms with E-state index < -0.39 is 5.41 Å². The van der Waals surface area contributed by atoms with E-state index in [2.05, 4.69) is 0 Å². The zero-order valence-electron chi connectivity index (χ0n) is 12.9. The summed E-state index contributed by atoms with van der Waals surface area (Å²) in [6, 6.07) is 10.6. The standard InChI is InChI=1S/C19H18O3/c1-19(2,3)16(21)10-11-7-8-12-13-5-4-6-15(20)17(13)18(22)14(12)9-11/h4-9,20H,10H2,1-3H3. The van der Waals surface area contributed by atoms with Gasteiger partial charge in [0.2, 0.25) is 0 Å². The number of hydrogen-bond acceptors (Lipinski definition) is 3. The number of phenols is 1. The van der Waals surface area contributed by atoms with Gasteiger partial charge in [0.15, 0.2) is 5.78 Å². The number of aromatic hydroxyl groups is 1. The van der Waals surface area contributed by atoms with Crippen LogP contribution in [0.4, 0.5) is 0 Å². The molecule has 1 aliphatic carbocycles. The molecule has 0 radical (unpaired) electrons. The zero-order chi connectivity index (χ0) is 16.1. The molecule has 1 aliphatic rings. The molecule has 0 saturated heterocycles. The summed E-state index contributed by atoms with van der Waals surface area (Å²) in [5.74, 6) is -0.0302. The van der Waals surface area contributed by atoms with E-state index in [0.29, 0.717) is 17.5 Å². The van der Waals surface area contributed by atoms with Gasteiger partial charge in [0.25, 0.3) is 0 Å². The molecule has 0 aromatic heterocycles. The van der Waals surface area contributed by atoms with Crippen LogP contribution in [0.2, 0.25) is 0 Å². The molecule has 3 nitrogen and oxygen atoms in total. The molecule has 112 valence electrons. The van der Waals surface area contributed by atoms with Crippen molar-refractivity contribution < 1.29 is 14.7 Å². The summed E-state index contributed by atoms with van der Waals surface area (Å²) in [4.78, 5) is 24.7. The average molecular weight is 294 g/mol. The highest BCUT2D eigenvalue weighted by atomic mass is 16.3. The first-order chi connectivity index (χ1) is 10.3. The third kappa shape index (κ3) is 2.23. The van der Waals surface area contributed by atoms with E-state index >= 15 is 0 Å². The Morgan fingerprint density at radius 3 is 2.45 bits per heavy atom. The maximum atomic E-state index is 12.5. The van der Waals surface area contributed by atoms with Crippen molar-refractivity contribution in [2.45, 2.75) is 27.2 Å². The molecule has 0 amide bonds. The lowest BCUT2D eigenvalue weighted by molar-refractivity contribution is -0.125. The van der Waals surface area contributed by atoms with E-state index in [4.69, 9.17) is 0 Å². The number of phenolic OH excluding ortho intramolecular Hbond substituents is 1. The molecule has 0 heterocycles. The zero-order valence-corrected chi connectivity index (χ0v) is 12.9. The number of carbonyl (C=O) groups is 2. The largest absolute Gasteiger partial charge is 0.507 e. The van der Waals surface area contributed by atoms with Crippen molar-refractivity contribution in [1.82, 2.24) is 0 Å². The average Bonchev–Trinajstić information content (AvgIpc) is 2.72. The summed E-state index contributed by atoms with van der Waals surface area (Å²) < 4.78 is 0. The van der Waals surface area contributed by atoms with Crippen molar-refractivity contribution >= 4 is 11.6 Å². The monoisotopic (exact) mass is 294 g/mol.